The zero-order valence-electron chi connectivity index (χ0n) is 12.7. The van der Waals surface area contributed by atoms with Crippen molar-refractivity contribution in [2.24, 2.45) is 0 Å². The Balaban J connectivity index is 1.91. The highest BCUT2D eigenvalue weighted by Crippen LogP contribution is 2.50. The van der Waals surface area contributed by atoms with Crippen LogP contribution >= 0.6 is 11.6 Å². The molecule has 23 heavy (non-hydrogen) atoms. The summed E-state index contributed by atoms with van der Waals surface area (Å²) in [6, 6.07) is 10.9. The molecule has 0 fully saturated rings. The van der Waals surface area contributed by atoms with Gasteiger partial charge in [-0.1, -0.05) is 35.9 Å². The molecule has 2 aromatic rings. The van der Waals surface area contributed by atoms with Crippen LogP contribution in [0.2, 0.25) is 5.02 Å². The normalized spacial score (nSPS) is 22.3. The number of halogens is 3. The molecule has 0 radical (unpaired) electrons. The van der Waals surface area contributed by atoms with E-state index in [1.165, 1.54) is 5.56 Å². The molecule has 1 heterocycles. The molecule has 4 heteroatoms. The third-order valence-corrected chi connectivity index (χ3v) is 5.22. The van der Waals surface area contributed by atoms with Crippen molar-refractivity contribution in [1.82, 2.24) is 5.32 Å². The molecule has 0 saturated heterocycles. The number of benzene rings is 2. The van der Waals surface area contributed by atoms with Crippen LogP contribution in [0.5, 0.6) is 0 Å². The number of nitrogens with one attached hydrogen (secondary N) is 1. The van der Waals surface area contributed by atoms with Gasteiger partial charge in [0.15, 0.2) is 0 Å². The first-order chi connectivity index (χ1) is 11.1. The Bertz CT molecular complexity index is 757. The van der Waals surface area contributed by atoms with Crippen LogP contribution in [0.1, 0.15) is 33.7 Å². The van der Waals surface area contributed by atoms with E-state index >= 15 is 0 Å². The molecule has 2 aliphatic rings. The second-order valence-electron chi connectivity index (χ2n) is 6.45. The molecule has 120 valence electrons. The van der Waals surface area contributed by atoms with Crippen LogP contribution in [0, 0.1) is 0 Å². The van der Waals surface area contributed by atoms with Crippen LogP contribution < -0.4 is 5.32 Å². The largest absolute Gasteiger partial charge is 0.316 e. The van der Waals surface area contributed by atoms with Gasteiger partial charge in [0.1, 0.15) is 0 Å². The molecular weight excluding hydrogens is 316 g/mol. The van der Waals surface area contributed by atoms with Crippen LogP contribution in [0.25, 0.3) is 0 Å². The number of hydrogen-bond acceptors (Lipinski definition) is 1. The summed E-state index contributed by atoms with van der Waals surface area (Å²) in [5.74, 6) is -3.65. The molecule has 0 amide bonds. The van der Waals surface area contributed by atoms with Gasteiger partial charge < -0.3 is 5.32 Å². The van der Waals surface area contributed by atoms with E-state index in [1.54, 1.807) is 24.3 Å². The molecule has 0 saturated carbocycles. The lowest BCUT2D eigenvalue weighted by atomic mass is 9.85. The van der Waals surface area contributed by atoms with Crippen molar-refractivity contribution in [1.29, 1.82) is 0 Å². The van der Waals surface area contributed by atoms with Gasteiger partial charge in [0.25, 0.3) is 5.92 Å². The topological polar surface area (TPSA) is 12.0 Å². The standard InChI is InChI=1S/C19H18ClF2N/c20-15-3-1-2-13(10-15)18-17-14(11-19(18,21)22)5-4-12-6-8-23-9-7-16(12)17/h1-5,10,18,23H,6-9,11H2. The maximum Gasteiger partial charge on any atom is 0.262 e. The van der Waals surface area contributed by atoms with E-state index in [2.05, 4.69) is 5.32 Å². The van der Waals surface area contributed by atoms with Gasteiger partial charge in [0, 0.05) is 11.4 Å². The fraction of sp³-hybridized carbons (Fsp3) is 0.368. The second kappa shape index (κ2) is 5.57. The summed E-state index contributed by atoms with van der Waals surface area (Å²) in [5, 5.41) is 3.87. The third kappa shape index (κ3) is 2.56. The summed E-state index contributed by atoms with van der Waals surface area (Å²) >= 11 is 6.06. The average Bonchev–Trinajstić information content (AvgIpc) is 2.65. The molecule has 0 bridgehead atoms. The molecule has 1 aliphatic carbocycles. The van der Waals surface area contributed by atoms with Crippen LogP contribution in [-0.4, -0.2) is 19.0 Å². The van der Waals surface area contributed by atoms with Gasteiger partial charge >= 0.3 is 0 Å². The lowest BCUT2D eigenvalue weighted by Gasteiger charge is -2.23. The van der Waals surface area contributed by atoms with Crippen molar-refractivity contribution in [3.63, 3.8) is 0 Å². The SMILES string of the molecule is FC1(F)Cc2ccc3c(c2C1c1cccc(Cl)c1)CCNCC3. The highest BCUT2D eigenvalue weighted by molar-refractivity contribution is 6.30. The summed E-state index contributed by atoms with van der Waals surface area (Å²) in [4.78, 5) is 0. The van der Waals surface area contributed by atoms with E-state index in [1.807, 2.05) is 12.1 Å². The number of rotatable bonds is 1. The summed E-state index contributed by atoms with van der Waals surface area (Å²) in [5.41, 5.74) is 4.58. The van der Waals surface area contributed by atoms with Gasteiger partial charge in [-0.05, 0) is 65.9 Å². The average molecular weight is 334 g/mol. The minimum absolute atomic E-state index is 0.180. The van der Waals surface area contributed by atoms with Crippen molar-refractivity contribution in [2.75, 3.05) is 13.1 Å². The fourth-order valence-corrected chi connectivity index (χ4v) is 4.23. The molecule has 1 N–H and O–H groups in total. The van der Waals surface area contributed by atoms with Crippen LogP contribution in [0.3, 0.4) is 0 Å². The Hall–Kier alpha value is -1.45. The molecule has 0 aromatic heterocycles. The van der Waals surface area contributed by atoms with E-state index in [4.69, 9.17) is 11.6 Å². The Morgan fingerprint density at radius 3 is 2.65 bits per heavy atom. The molecule has 2 aromatic carbocycles. The van der Waals surface area contributed by atoms with E-state index < -0.39 is 11.8 Å². The van der Waals surface area contributed by atoms with Crippen LogP contribution in [0.4, 0.5) is 8.78 Å². The number of hydrogen-bond donors (Lipinski definition) is 1. The maximum atomic E-state index is 14.8. The number of alkyl halides is 2. The molecule has 4 rings (SSSR count). The number of fused-ring (bicyclic) bond motifs is 3. The molecule has 1 unspecified atom stereocenters. The minimum atomic E-state index is -2.76. The Morgan fingerprint density at radius 2 is 1.83 bits per heavy atom. The molecule has 0 spiro atoms. The minimum Gasteiger partial charge on any atom is -0.316 e. The fourth-order valence-electron chi connectivity index (χ4n) is 4.03. The van der Waals surface area contributed by atoms with Gasteiger partial charge in [0.05, 0.1) is 5.92 Å². The maximum absolute atomic E-state index is 14.8. The molecule has 1 aliphatic heterocycles. The highest BCUT2D eigenvalue weighted by Gasteiger charge is 2.49. The zero-order chi connectivity index (χ0) is 16.0. The van der Waals surface area contributed by atoms with Gasteiger partial charge in [-0.2, -0.15) is 0 Å². The van der Waals surface area contributed by atoms with Crippen molar-refractivity contribution in [3.8, 4) is 0 Å². The first-order valence-corrected chi connectivity index (χ1v) is 8.41. The second-order valence-corrected chi connectivity index (χ2v) is 6.89. The zero-order valence-corrected chi connectivity index (χ0v) is 13.5. The van der Waals surface area contributed by atoms with Crippen LogP contribution in [-0.2, 0) is 19.3 Å². The lowest BCUT2D eigenvalue weighted by Crippen LogP contribution is -2.24. The summed E-state index contributed by atoms with van der Waals surface area (Å²) in [6.45, 7) is 1.75. The summed E-state index contributed by atoms with van der Waals surface area (Å²) in [6.07, 6.45) is 1.53. The smallest absolute Gasteiger partial charge is 0.262 e. The van der Waals surface area contributed by atoms with E-state index in [0.29, 0.717) is 10.6 Å². The predicted molar refractivity (Wildman–Crippen MR) is 88.7 cm³/mol. The van der Waals surface area contributed by atoms with Crippen molar-refractivity contribution in [3.05, 3.63) is 69.2 Å². The monoisotopic (exact) mass is 333 g/mol. The van der Waals surface area contributed by atoms with Crippen LogP contribution in [0.15, 0.2) is 36.4 Å². The van der Waals surface area contributed by atoms with Gasteiger partial charge in [-0.15, -0.1) is 0 Å². The van der Waals surface area contributed by atoms with Gasteiger partial charge in [-0.3, -0.25) is 0 Å². The van der Waals surface area contributed by atoms with Gasteiger partial charge in [0.2, 0.25) is 0 Å². The lowest BCUT2D eigenvalue weighted by molar-refractivity contribution is -0.00371. The highest BCUT2D eigenvalue weighted by atomic mass is 35.5. The van der Waals surface area contributed by atoms with E-state index in [-0.39, 0.29) is 6.42 Å². The van der Waals surface area contributed by atoms with Crippen molar-refractivity contribution in [2.45, 2.75) is 31.1 Å². The molecule has 1 atom stereocenters. The Kier molecular flexibility index (Phi) is 3.66. The van der Waals surface area contributed by atoms with Crippen molar-refractivity contribution >= 4 is 11.6 Å². The first kappa shape index (κ1) is 15.1. The predicted octanol–water partition coefficient (Wildman–Crippen LogP) is 4.35. The Morgan fingerprint density at radius 1 is 1.04 bits per heavy atom. The van der Waals surface area contributed by atoms with Crippen molar-refractivity contribution < 1.29 is 8.78 Å². The Labute approximate surface area is 139 Å². The summed E-state index contributed by atoms with van der Waals surface area (Å²) in [7, 11) is 0. The van der Waals surface area contributed by atoms with E-state index in [0.717, 1.165) is 42.6 Å². The van der Waals surface area contributed by atoms with Gasteiger partial charge in [-0.25, -0.2) is 8.78 Å². The molecular formula is C19H18ClF2N. The quantitative estimate of drug-likeness (QED) is 0.818. The third-order valence-electron chi connectivity index (χ3n) is 4.99. The van der Waals surface area contributed by atoms with E-state index in [9.17, 15) is 8.78 Å². The molecule has 1 nitrogen and oxygen atoms in total. The first-order valence-electron chi connectivity index (χ1n) is 8.04. The summed E-state index contributed by atoms with van der Waals surface area (Å²) < 4.78 is 29.7.